The van der Waals surface area contributed by atoms with Crippen LogP contribution >= 0.6 is 0 Å². The molecule has 3 heterocycles. The van der Waals surface area contributed by atoms with Crippen LogP contribution in [-0.4, -0.2) is 30.8 Å². The first-order valence-electron chi connectivity index (χ1n) is 14.3. The number of rotatable bonds is 8. The Balaban J connectivity index is 1.21. The summed E-state index contributed by atoms with van der Waals surface area (Å²) in [5.41, 5.74) is 7.12. The molecule has 212 valence electrons. The number of methoxy groups -OCH3 is 1. The summed E-state index contributed by atoms with van der Waals surface area (Å²) >= 11 is 0. The van der Waals surface area contributed by atoms with Crippen LogP contribution in [0, 0.1) is 5.82 Å². The fraction of sp³-hybridized carbons (Fsp3) is 0.229. The molecule has 0 spiro atoms. The lowest BCUT2D eigenvalue weighted by molar-refractivity contribution is -0.116. The minimum absolute atomic E-state index is 0.0424. The van der Waals surface area contributed by atoms with Gasteiger partial charge in [-0.3, -0.25) is 4.79 Å². The van der Waals surface area contributed by atoms with Crippen molar-refractivity contribution in [3.8, 4) is 17.2 Å². The maximum absolute atomic E-state index is 14.0. The predicted octanol–water partition coefficient (Wildman–Crippen LogP) is 6.87. The molecule has 0 fully saturated rings. The normalized spacial score (nSPS) is 15.6. The molecule has 4 aromatic carbocycles. The van der Waals surface area contributed by atoms with Crippen molar-refractivity contribution in [3.05, 3.63) is 119 Å². The molecule has 1 unspecified atom stereocenters. The number of benzene rings is 4. The Morgan fingerprint density at radius 1 is 1.00 bits per heavy atom. The smallest absolute Gasteiger partial charge is 0.225 e. The van der Waals surface area contributed by atoms with E-state index in [4.69, 9.17) is 14.2 Å². The second-order valence-electron chi connectivity index (χ2n) is 10.9. The predicted molar refractivity (Wildman–Crippen MR) is 160 cm³/mol. The maximum atomic E-state index is 14.0. The van der Waals surface area contributed by atoms with E-state index in [1.807, 2.05) is 48.5 Å². The monoisotopic (exact) mass is 562 g/mol. The largest absolute Gasteiger partial charge is 0.493 e. The van der Waals surface area contributed by atoms with Crippen LogP contribution in [0.5, 0.6) is 17.2 Å². The average Bonchev–Trinajstić information content (AvgIpc) is 3.57. The van der Waals surface area contributed by atoms with Crippen molar-refractivity contribution in [2.24, 2.45) is 0 Å². The van der Waals surface area contributed by atoms with Crippen LogP contribution < -0.4 is 19.5 Å². The van der Waals surface area contributed by atoms with Gasteiger partial charge in [-0.15, -0.1) is 0 Å². The zero-order chi connectivity index (χ0) is 28.6. The minimum atomic E-state index is -0.257. The molecule has 2 aliphatic heterocycles. The number of ether oxygens (including phenoxy) is 3. The lowest BCUT2D eigenvalue weighted by atomic mass is 9.88. The van der Waals surface area contributed by atoms with Crippen LogP contribution in [-0.2, 0) is 24.2 Å². The van der Waals surface area contributed by atoms with E-state index >= 15 is 0 Å². The number of anilines is 1. The third kappa shape index (κ3) is 4.96. The number of fused-ring (bicyclic) bond motifs is 1. The second kappa shape index (κ2) is 10.9. The van der Waals surface area contributed by atoms with Gasteiger partial charge in [0.25, 0.3) is 0 Å². The number of halogens is 1. The molecule has 1 amide bonds. The molecule has 2 aliphatic rings. The van der Waals surface area contributed by atoms with Crippen molar-refractivity contribution in [2.75, 3.05) is 25.6 Å². The summed E-state index contributed by atoms with van der Waals surface area (Å²) in [5, 5.41) is 4.11. The molecule has 5 aromatic rings. The van der Waals surface area contributed by atoms with Crippen LogP contribution in [0.25, 0.3) is 10.9 Å². The van der Waals surface area contributed by atoms with Gasteiger partial charge >= 0.3 is 0 Å². The van der Waals surface area contributed by atoms with Gasteiger partial charge < -0.3 is 24.1 Å². The van der Waals surface area contributed by atoms with E-state index in [1.165, 1.54) is 17.2 Å². The molecule has 0 saturated heterocycles. The molecule has 0 saturated carbocycles. The Kier molecular flexibility index (Phi) is 6.78. The van der Waals surface area contributed by atoms with Crippen molar-refractivity contribution in [2.45, 2.75) is 31.7 Å². The SMILES string of the molecule is COc1ccc(C2CC(=O)Nc3cccc4c3c2cn4Cc2cccc(F)c2)cc1OCCc1ccc2c(c1)CCO2. The standard InChI is InChI=1S/C35H31FN2O4/c1-40-32-11-9-24(18-33(32)42-14-12-22-8-10-31-25(16-22)13-15-41-31)27-19-34(39)37-29-6-3-7-30-35(29)28(27)21-38(30)20-23-4-2-5-26(36)17-23/h2-11,16-18,21,27H,12-15,19-20H2,1H3,(H,37,39). The van der Waals surface area contributed by atoms with Gasteiger partial charge in [-0.25, -0.2) is 4.39 Å². The summed E-state index contributed by atoms with van der Waals surface area (Å²) in [7, 11) is 1.63. The topological polar surface area (TPSA) is 61.7 Å². The van der Waals surface area contributed by atoms with Crippen molar-refractivity contribution >= 4 is 22.5 Å². The number of amides is 1. The van der Waals surface area contributed by atoms with E-state index in [0.717, 1.165) is 58.5 Å². The summed E-state index contributed by atoms with van der Waals surface area (Å²) in [6.45, 7) is 1.75. The number of carbonyl (C=O) groups is 1. The molecule has 7 heteroatoms. The van der Waals surface area contributed by atoms with E-state index in [9.17, 15) is 9.18 Å². The summed E-state index contributed by atoms with van der Waals surface area (Å²) in [4.78, 5) is 13.1. The van der Waals surface area contributed by atoms with Crippen molar-refractivity contribution < 1.29 is 23.4 Å². The molecule has 6 nitrogen and oxygen atoms in total. The Morgan fingerprint density at radius 3 is 2.79 bits per heavy atom. The molecular weight excluding hydrogens is 531 g/mol. The highest BCUT2D eigenvalue weighted by atomic mass is 19.1. The number of nitrogens with one attached hydrogen (secondary N) is 1. The molecule has 0 bridgehead atoms. The lowest BCUT2D eigenvalue weighted by Gasteiger charge is -2.18. The van der Waals surface area contributed by atoms with Gasteiger partial charge in [0.05, 0.1) is 31.5 Å². The van der Waals surface area contributed by atoms with E-state index in [-0.39, 0.29) is 24.1 Å². The molecule has 42 heavy (non-hydrogen) atoms. The third-order valence-corrected chi connectivity index (χ3v) is 8.21. The van der Waals surface area contributed by atoms with E-state index in [1.54, 1.807) is 19.2 Å². The van der Waals surface area contributed by atoms with Crippen molar-refractivity contribution in [1.82, 2.24) is 4.57 Å². The van der Waals surface area contributed by atoms with E-state index in [2.05, 4.69) is 28.2 Å². The number of hydrogen-bond donors (Lipinski definition) is 1. The Hall–Kier alpha value is -4.78. The van der Waals surface area contributed by atoms with Crippen molar-refractivity contribution in [3.63, 3.8) is 0 Å². The molecule has 1 N–H and O–H groups in total. The Bertz CT molecular complexity index is 1810. The van der Waals surface area contributed by atoms with Gasteiger partial charge in [0.15, 0.2) is 11.5 Å². The van der Waals surface area contributed by atoms with E-state index in [0.29, 0.717) is 24.7 Å². The first-order chi connectivity index (χ1) is 20.6. The first-order valence-corrected chi connectivity index (χ1v) is 14.3. The Labute approximate surface area is 243 Å². The van der Waals surface area contributed by atoms with Gasteiger partial charge in [-0.05, 0) is 70.3 Å². The summed E-state index contributed by atoms with van der Waals surface area (Å²) in [6.07, 6.45) is 4.09. The van der Waals surface area contributed by atoms with Gasteiger partial charge in [0, 0.05) is 43.3 Å². The van der Waals surface area contributed by atoms with Crippen LogP contribution in [0.2, 0.25) is 0 Å². The zero-order valence-corrected chi connectivity index (χ0v) is 23.4. The van der Waals surface area contributed by atoms with Crippen molar-refractivity contribution in [1.29, 1.82) is 0 Å². The van der Waals surface area contributed by atoms with Crippen LogP contribution in [0.1, 0.15) is 40.2 Å². The fourth-order valence-electron chi connectivity index (χ4n) is 6.21. The average molecular weight is 563 g/mol. The number of hydrogen-bond acceptors (Lipinski definition) is 4. The van der Waals surface area contributed by atoms with E-state index < -0.39 is 0 Å². The molecule has 7 rings (SSSR count). The first kappa shape index (κ1) is 26.1. The summed E-state index contributed by atoms with van der Waals surface area (Å²) in [5.74, 6) is 1.77. The maximum Gasteiger partial charge on any atom is 0.225 e. The Morgan fingerprint density at radius 2 is 1.90 bits per heavy atom. The number of nitrogens with zero attached hydrogens (tertiary/aromatic N) is 1. The molecular formula is C35H31FN2O4. The number of aromatic nitrogens is 1. The highest BCUT2D eigenvalue weighted by molar-refractivity contribution is 6.06. The zero-order valence-electron chi connectivity index (χ0n) is 23.4. The fourth-order valence-corrected chi connectivity index (χ4v) is 6.21. The quantitative estimate of drug-likeness (QED) is 0.224. The number of carbonyl (C=O) groups excluding carboxylic acids is 1. The van der Waals surface area contributed by atoms with Crippen LogP contribution in [0.4, 0.5) is 10.1 Å². The minimum Gasteiger partial charge on any atom is -0.493 e. The molecule has 1 aromatic heterocycles. The van der Waals surface area contributed by atoms with Crippen LogP contribution in [0.3, 0.4) is 0 Å². The van der Waals surface area contributed by atoms with Gasteiger partial charge in [0.1, 0.15) is 11.6 Å². The van der Waals surface area contributed by atoms with Gasteiger partial charge in [-0.1, -0.05) is 36.4 Å². The van der Waals surface area contributed by atoms with Gasteiger partial charge in [-0.2, -0.15) is 0 Å². The van der Waals surface area contributed by atoms with Crippen LogP contribution in [0.15, 0.2) is 85.1 Å². The second-order valence-corrected chi connectivity index (χ2v) is 10.9. The van der Waals surface area contributed by atoms with Gasteiger partial charge in [0.2, 0.25) is 5.91 Å². The summed E-state index contributed by atoms with van der Waals surface area (Å²) < 4.78 is 33.6. The summed E-state index contributed by atoms with van der Waals surface area (Å²) in [6, 6.07) is 24.8. The molecule has 1 atom stereocenters. The highest BCUT2D eigenvalue weighted by Gasteiger charge is 2.28. The molecule has 0 aliphatic carbocycles. The third-order valence-electron chi connectivity index (χ3n) is 8.21. The molecule has 0 radical (unpaired) electrons. The lowest BCUT2D eigenvalue weighted by Crippen LogP contribution is -2.14. The highest BCUT2D eigenvalue weighted by Crippen LogP contribution is 2.43.